The Morgan fingerprint density at radius 2 is 1.93 bits per heavy atom. The predicted octanol–water partition coefficient (Wildman–Crippen LogP) is 5.71. The molecule has 0 unspecified atom stereocenters. The smallest absolute Gasteiger partial charge is 0.345 e. The molecule has 0 atom stereocenters. The minimum atomic E-state index is -4.54. The molecule has 0 bridgehead atoms. The molecule has 10 heteroatoms. The summed E-state index contributed by atoms with van der Waals surface area (Å²) in [6, 6.07) is 10.1. The lowest BCUT2D eigenvalue weighted by atomic mass is 10.1. The average Bonchev–Trinajstić information content (AvgIpc) is 3.12. The maximum Gasteiger partial charge on any atom is 0.417 e. The Bertz CT molecular complexity index is 1260. The van der Waals surface area contributed by atoms with Crippen LogP contribution in [-0.2, 0) is 6.18 Å². The highest BCUT2D eigenvalue weighted by atomic mass is 35.5. The molecule has 0 fully saturated rings. The van der Waals surface area contributed by atoms with Gasteiger partial charge >= 0.3 is 6.18 Å². The lowest BCUT2D eigenvalue weighted by molar-refractivity contribution is -0.137. The molecular formula is C19H9ClF3N5S. The number of nitrogens with one attached hydrogen (secondary N) is 1. The van der Waals surface area contributed by atoms with Crippen LogP contribution >= 0.6 is 23.4 Å². The number of pyridine rings is 1. The van der Waals surface area contributed by atoms with Crippen LogP contribution in [-0.4, -0.2) is 19.9 Å². The third-order valence-electron chi connectivity index (χ3n) is 4.04. The second-order valence-corrected chi connectivity index (χ2v) is 7.30. The first-order valence-corrected chi connectivity index (χ1v) is 9.30. The van der Waals surface area contributed by atoms with Crippen molar-refractivity contribution >= 4 is 34.4 Å². The second-order valence-electron chi connectivity index (χ2n) is 5.88. The quantitative estimate of drug-likeness (QED) is 0.420. The van der Waals surface area contributed by atoms with E-state index >= 15 is 0 Å². The maximum absolute atomic E-state index is 13.1. The molecule has 0 spiro atoms. The van der Waals surface area contributed by atoms with Gasteiger partial charge in [0.1, 0.15) is 11.7 Å². The van der Waals surface area contributed by atoms with Crippen LogP contribution in [0, 0.1) is 11.3 Å². The number of aromatic amines is 1. The number of hydrogen-bond donors (Lipinski definition) is 1. The van der Waals surface area contributed by atoms with Gasteiger partial charge < -0.3 is 4.98 Å². The summed E-state index contributed by atoms with van der Waals surface area (Å²) >= 11 is 7.35. The average molecular weight is 432 g/mol. The van der Waals surface area contributed by atoms with Gasteiger partial charge in [0.25, 0.3) is 0 Å². The van der Waals surface area contributed by atoms with E-state index in [2.05, 4.69) is 19.9 Å². The van der Waals surface area contributed by atoms with Crippen LogP contribution < -0.4 is 0 Å². The first kappa shape index (κ1) is 19.2. The van der Waals surface area contributed by atoms with Gasteiger partial charge in [-0.25, -0.2) is 15.0 Å². The van der Waals surface area contributed by atoms with Crippen LogP contribution in [0.25, 0.3) is 22.3 Å². The SMILES string of the molecule is N#Cc1cnc(Sc2ccccc2Cl)nc1-c1c[nH]c2ncc(C(F)(F)F)cc12. The largest absolute Gasteiger partial charge is 0.417 e. The minimum absolute atomic E-state index is 0.131. The summed E-state index contributed by atoms with van der Waals surface area (Å²) in [7, 11) is 0. The zero-order chi connectivity index (χ0) is 20.6. The number of nitriles is 1. The first-order chi connectivity index (χ1) is 13.9. The molecule has 3 aromatic heterocycles. The molecule has 5 nitrogen and oxygen atoms in total. The van der Waals surface area contributed by atoms with Gasteiger partial charge in [-0.1, -0.05) is 23.7 Å². The molecule has 0 aliphatic carbocycles. The fourth-order valence-corrected chi connectivity index (χ4v) is 3.68. The standard InChI is InChI=1S/C19H9ClF3N5S/c20-14-3-1-2-4-15(14)29-18-27-7-10(6-24)16(28-18)13-9-26-17-12(13)5-11(8-25-17)19(21,22)23/h1-5,7-9H,(H,25,26). The fourth-order valence-electron chi connectivity index (χ4n) is 2.68. The predicted molar refractivity (Wildman–Crippen MR) is 102 cm³/mol. The fraction of sp³-hybridized carbons (Fsp3) is 0.0526. The number of halogens is 4. The number of aromatic nitrogens is 4. The van der Waals surface area contributed by atoms with Crippen LogP contribution in [0.3, 0.4) is 0 Å². The third kappa shape index (κ3) is 3.77. The number of alkyl halides is 3. The molecule has 4 aromatic rings. The summed E-state index contributed by atoms with van der Waals surface area (Å²) in [5.74, 6) is 0. The number of hydrogen-bond acceptors (Lipinski definition) is 5. The van der Waals surface area contributed by atoms with Crippen molar-refractivity contribution in [1.82, 2.24) is 19.9 Å². The van der Waals surface area contributed by atoms with Crippen molar-refractivity contribution in [2.75, 3.05) is 0 Å². The lowest BCUT2D eigenvalue weighted by Crippen LogP contribution is -2.05. The zero-order valence-electron chi connectivity index (χ0n) is 14.3. The molecule has 0 radical (unpaired) electrons. The van der Waals surface area contributed by atoms with E-state index in [0.717, 1.165) is 12.3 Å². The highest BCUT2D eigenvalue weighted by molar-refractivity contribution is 7.99. The second kappa shape index (κ2) is 7.39. The van der Waals surface area contributed by atoms with Crippen molar-refractivity contribution in [1.29, 1.82) is 5.26 Å². The summed E-state index contributed by atoms with van der Waals surface area (Å²) in [6.45, 7) is 0. The van der Waals surface area contributed by atoms with E-state index in [1.54, 1.807) is 18.2 Å². The van der Waals surface area contributed by atoms with Crippen LogP contribution in [0.1, 0.15) is 11.1 Å². The molecule has 0 amide bonds. The molecule has 0 saturated carbocycles. The van der Waals surface area contributed by atoms with Gasteiger partial charge in [-0.15, -0.1) is 0 Å². The molecule has 1 N–H and O–H groups in total. The van der Waals surface area contributed by atoms with E-state index < -0.39 is 11.7 Å². The van der Waals surface area contributed by atoms with E-state index in [1.165, 1.54) is 24.2 Å². The number of fused-ring (bicyclic) bond motifs is 1. The van der Waals surface area contributed by atoms with Gasteiger partial charge in [0.05, 0.1) is 21.8 Å². The molecule has 29 heavy (non-hydrogen) atoms. The van der Waals surface area contributed by atoms with Gasteiger partial charge in [0.15, 0.2) is 5.16 Å². The summed E-state index contributed by atoms with van der Waals surface area (Å²) in [5.41, 5.74) is 0.0506. The number of nitrogens with zero attached hydrogens (tertiary/aromatic N) is 4. The van der Waals surface area contributed by atoms with E-state index in [-0.39, 0.29) is 22.3 Å². The third-order valence-corrected chi connectivity index (χ3v) is 5.44. The summed E-state index contributed by atoms with van der Waals surface area (Å²) < 4.78 is 39.3. The summed E-state index contributed by atoms with van der Waals surface area (Å²) in [6.07, 6.45) is -0.969. The van der Waals surface area contributed by atoms with Gasteiger partial charge in [-0.2, -0.15) is 18.4 Å². The molecule has 4 rings (SSSR count). The molecule has 0 aliphatic heterocycles. The molecule has 0 aliphatic rings. The maximum atomic E-state index is 13.1. The molecule has 1 aromatic carbocycles. The topological polar surface area (TPSA) is 78.2 Å². The van der Waals surface area contributed by atoms with Crippen LogP contribution in [0.5, 0.6) is 0 Å². The highest BCUT2D eigenvalue weighted by Gasteiger charge is 2.31. The molecule has 144 valence electrons. The normalized spacial score (nSPS) is 11.6. The van der Waals surface area contributed by atoms with Crippen molar-refractivity contribution in [3.8, 4) is 17.3 Å². The van der Waals surface area contributed by atoms with Gasteiger partial charge in [0, 0.05) is 34.4 Å². The van der Waals surface area contributed by atoms with Crippen molar-refractivity contribution in [3.05, 3.63) is 65.1 Å². The van der Waals surface area contributed by atoms with Crippen molar-refractivity contribution < 1.29 is 13.2 Å². The Hall–Kier alpha value is -3.09. The van der Waals surface area contributed by atoms with Crippen LogP contribution in [0.2, 0.25) is 5.02 Å². The Labute approximate surface area is 171 Å². The van der Waals surface area contributed by atoms with Crippen LogP contribution in [0.4, 0.5) is 13.2 Å². The Balaban J connectivity index is 1.84. The Morgan fingerprint density at radius 1 is 1.14 bits per heavy atom. The van der Waals surface area contributed by atoms with Crippen LogP contribution in [0.15, 0.2) is 59.0 Å². The molecular weight excluding hydrogens is 423 g/mol. The summed E-state index contributed by atoms with van der Waals surface area (Å²) in [4.78, 5) is 15.9. The van der Waals surface area contributed by atoms with Gasteiger partial charge in [0.2, 0.25) is 0 Å². The number of rotatable bonds is 3. The Kier molecular flexibility index (Phi) is 4.90. The van der Waals surface area contributed by atoms with Crippen molar-refractivity contribution in [2.45, 2.75) is 16.2 Å². The molecule has 3 heterocycles. The van der Waals surface area contributed by atoms with E-state index in [4.69, 9.17) is 11.6 Å². The zero-order valence-corrected chi connectivity index (χ0v) is 15.9. The van der Waals surface area contributed by atoms with Crippen molar-refractivity contribution in [2.24, 2.45) is 0 Å². The monoisotopic (exact) mass is 431 g/mol. The van der Waals surface area contributed by atoms with E-state index in [9.17, 15) is 18.4 Å². The lowest BCUT2D eigenvalue weighted by Gasteiger charge is -2.08. The number of benzene rings is 1. The number of H-pyrrole nitrogens is 1. The Morgan fingerprint density at radius 3 is 2.66 bits per heavy atom. The van der Waals surface area contributed by atoms with E-state index in [0.29, 0.717) is 20.6 Å². The van der Waals surface area contributed by atoms with Crippen molar-refractivity contribution in [3.63, 3.8) is 0 Å². The molecule has 0 saturated heterocycles. The minimum Gasteiger partial charge on any atom is -0.345 e. The van der Waals surface area contributed by atoms with E-state index in [1.807, 2.05) is 12.1 Å². The highest BCUT2D eigenvalue weighted by Crippen LogP contribution is 2.36. The summed E-state index contributed by atoms with van der Waals surface area (Å²) in [5, 5.41) is 10.5. The first-order valence-electron chi connectivity index (χ1n) is 8.11. The van der Waals surface area contributed by atoms with Gasteiger partial charge in [-0.3, -0.25) is 0 Å². The van der Waals surface area contributed by atoms with Gasteiger partial charge in [-0.05, 0) is 30.0 Å².